The largest absolute Gasteiger partial charge is 0.369 e. The lowest BCUT2D eigenvalue weighted by Gasteiger charge is -2.13. The quantitative estimate of drug-likeness (QED) is 0.435. The van der Waals surface area contributed by atoms with Crippen LogP contribution in [-0.2, 0) is 13.0 Å². The molecule has 4 rings (SSSR count). The fourth-order valence-electron chi connectivity index (χ4n) is 3.08. The van der Waals surface area contributed by atoms with Crippen molar-refractivity contribution >= 4 is 23.1 Å². The zero-order valence-electron chi connectivity index (χ0n) is 16.4. The van der Waals surface area contributed by atoms with Crippen molar-refractivity contribution in [3.05, 3.63) is 101 Å². The first-order valence-electron chi connectivity index (χ1n) is 9.80. The van der Waals surface area contributed by atoms with Crippen LogP contribution in [0.2, 0.25) is 0 Å². The smallest absolute Gasteiger partial charge is 0.255 e. The molecule has 0 radical (unpaired) electrons. The third-order valence-electron chi connectivity index (χ3n) is 4.61. The highest BCUT2D eigenvalue weighted by Crippen LogP contribution is 2.22. The predicted molar refractivity (Wildman–Crippen MR) is 122 cm³/mol. The predicted octanol–water partition coefficient (Wildman–Crippen LogP) is 4.79. The van der Waals surface area contributed by atoms with E-state index in [1.165, 1.54) is 0 Å². The van der Waals surface area contributed by atoms with Gasteiger partial charge in [-0.05, 0) is 35.7 Å². The first-order chi connectivity index (χ1) is 14.8. The van der Waals surface area contributed by atoms with Gasteiger partial charge >= 0.3 is 0 Å². The molecule has 3 heterocycles. The molecule has 3 aromatic heterocycles. The van der Waals surface area contributed by atoms with Crippen molar-refractivity contribution in [3.63, 3.8) is 0 Å². The third-order valence-corrected chi connectivity index (χ3v) is 5.49. The maximum absolute atomic E-state index is 12.8. The number of carbonyl (C=O) groups excluding carboxylic acids is 1. The Bertz CT molecular complexity index is 1080. The summed E-state index contributed by atoms with van der Waals surface area (Å²) in [7, 11) is 0. The standard InChI is InChI=1S/C24H22N4OS/c29-24(27-17-20-10-6-16-30-20)21-11-12-22(18-7-2-1-3-8-18)28-23(21)26-15-13-19-9-4-5-14-25-19/h1-12,14,16H,13,15,17H2,(H,26,28)(H,27,29). The molecule has 0 saturated carbocycles. The van der Waals surface area contributed by atoms with Gasteiger partial charge in [-0.25, -0.2) is 4.98 Å². The second kappa shape index (κ2) is 9.80. The molecule has 0 unspecified atom stereocenters. The van der Waals surface area contributed by atoms with Crippen LogP contribution < -0.4 is 10.6 Å². The normalized spacial score (nSPS) is 10.5. The Hall–Kier alpha value is -3.51. The third kappa shape index (κ3) is 5.10. The summed E-state index contributed by atoms with van der Waals surface area (Å²) in [6.45, 7) is 1.14. The zero-order valence-corrected chi connectivity index (χ0v) is 17.2. The van der Waals surface area contributed by atoms with Crippen LogP contribution in [0.3, 0.4) is 0 Å². The highest BCUT2D eigenvalue weighted by atomic mass is 32.1. The molecule has 6 heteroatoms. The number of rotatable bonds is 8. The SMILES string of the molecule is O=C(NCc1cccs1)c1ccc(-c2ccccc2)nc1NCCc1ccccn1. The van der Waals surface area contributed by atoms with Crippen molar-refractivity contribution in [2.24, 2.45) is 0 Å². The van der Waals surface area contributed by atoms with E-state index in [2.05, 4.69) is 15.6 Å². The van der Waals surface area contributed by atoms with Crippen LogP contribution in [0.5, 0.6) is 0 Å². The monoisotopic (exact) mass is 414 g/mol. The number of hydrogen-bond donors (Lipinski definition) is 2. The van der Waals surface area contributed by atoms with Crippen LogP contribution in [0, 0.1) is 0 Å². The first kappa shape index (κ1) is 19.8. The van der Waals surface area contributed by atoms with Crippen molar-refractivity contribution in [1.29, 1.82) is 0 Å². The number of anilines is 1. The minimum Gasteiger partial charge on any atom is -0.369 e. The minimum atomic E-state index is -0.143. The van der Waals surface area contributed by atoms with E-state index in [1.807, 2.05) is 78.2 Å². The fourth-order valence-corrected chi connectivity index (χ4v) is 3.72. The van der Waals surface area contributed by atoms with Crippen LogP contribution >= 0.6 is 11.3 Å². The van der Waals surface area contributed by atoms with Crippen LogP contribution in [0.1, 0.15) is 20.9 Å². The number of hydrogen-bond acceptors (Lipinski definition) is 5. The Labute approximate surface area is 179 Å². The molecule has 4 aromatic rings. The first-order valence-corrected chi connectivity index (χ1v) is 10.7. The van der Waals surface area contributed by atoms with Gasteiger partial charge in [-0.15, -0.1) is 11.3 Å². The molecule has 0 aliphatic heterocycles. The highest BCUT2D eigenvalue weighted by molar-refractivity contribution is 7.09. The summed E-state index contributed by atoms with van der Waals surface area (Å²) >= 11 is 1.62. The van der Waals surface area contributed by atoms with E-state index in [1.54, 1.807) is 17.5 Å². The van der Waals surface area contributed by atoms with Gasteiger partial charge in [-0.1, -0.05) is 42.5 Å². The summed E-state index contributed by atoms with van der Waals surface area (Å²) < 4.78 is 0. The average molecular weight is 415 g/mol. The molecule has 150 valence electrons. The van der Waals surface area contributed by atoms with E-state index in [-0.39, 0.29) is 5.91 Å². The van der Waals surface area contributed by atoms with Gasteiger partial charge in [-0.3, -0.25) is 9.78 Å². The number of benzene rings is 1. The Kier molecular flexibility index (Phi) is 6.47. The number of pyridine rings is 2. The molecule has 0 bridgehead atoms. The molecule has 0 aliphatic rings. The molecule has 2 N–H and O–H groups in total. The molecular weight excluding hydrogens is 392 g/mol. The van der Waals surface area contributed by atoms with E-state index in [0.29, 0.717) is 24.5 Å². The number of carbonyl (C=O) groups is 1. The topological polar surface area (TPSA) is 66.9 Å². The van der Waals surface area contributed by atoms with Crippen LogP contribution in [0.25, 0.3) is 11.3 Å². The molecule has 1 aromatic carbocycles. The molecule has 0 atom stereocenters. The number of nitrogens with one attached hydrogen (secondary N) is 2. The second-order valence-electron chi connectivity index (χ2n) is 6.72. The average Bonchev–Trinajstić information content (AvgIpc) is 3.32. The molecule has 1 amide bonds. The van der Waals surface area contributed by atoms with Gasteiger partial charge in [0.2, 0.25) is 0 Å². The summed E-state index contributed by atoms with van der Waals surface area (Å²) in [6.07, 6.45) is 2.53. The van der Waals surface area contributed by atoms with Crippen molar-refractivity contribution in [2.75, 3.05) is 11.9 Å². The van der Waals surface area contributed by atoms with E-state index < -0.39 is 0 Å². The fraction of sp³-hybridized carbons (Fsp3) is 0.125. The van der Waals surface area contributed by atoms with Gasteiger partial charge < -0.3 is 10.6 Å². The van der Waals surface area contributed by atoms with Crippen LogP contribution in [0.4, 0.5) is 5.82 Å². The van der Waals surface area contributed by atoms with Crippen molar-refractivity contribution in [1.82, 2.24) is 15.3 Å². The molecule has 30 heavy (non-hydrogen) atoms. The van der Waals surface area contributed by atoms with E-state index >= 15 is 0 Å². The lowest BCUT2D eigenvalue weighted by molar-refractivity contribution is 0.0952. The van der Waals surface area contributed by atoms with Crippen LogP contribution in [-0.4, -0.2) is 22.4 Å². The molecule has 0 fully saturated rings. The number of aromatic nitrogens is 2. The van der Waals surface area contributed by atoms with E-state index in [9.17, 15) is 4.79 Å². The van der Waals surface area contributed by atoms with Crippen molar-refractivity contribution < 1.29 is 4.79 Å². The molecular formula is C24H22N4OS. The molecule has 0 aliphatic carbocycles. The maximum atomic E-state index is 12.8. The van der Waals surface area contributed by atoms with Crippen LogP contribution in [0.15, 0.2) is 84.4 Å². The molecule has 0 saturated heterocycles. The Morgan fingerprint density at radius 3 is 2.57 bits per heavy atom. The molecule has 0 spiro atoms. The minimum absolute atomic E-state index is 0.143. The van der Waals surface area contributed by atoms with Crippen molar-refractivity contribution in [2.45, 2.75) is 13.0 Å². The van der Waals surface area contributed by atoms with Gasteiger partial charge in [0.1, 0.15) is 5.82 Å². The summed E-state index contributed by atoms with van der Waals surface area (Å²) in [5.74, 6) is 0.437. The Morgan fingerprint density at radius 1 is 0.933 bits per heavy atom. The summed E-state index contributed by atoms with van der Waals surface area (Å²) in [5, 5.41) is 8.33. The van der Waals surface area contributed by atoms with Crippen molar-refractivity contribution in [3.8, 4) is 11.3 Å². The second-order valence-corrected chi connectivity index (χ2v) is 7.75. The van der Waals surface area contributed by atoms with E-state index in [0.717, 1.165) is 28.2 Å². The Morgan fingerprint density at radius 2 is 1.80 bits per heavy atom. The highest BCUT2D eigenvalue weighted by Gasteiger charge is 2.14. The number of nitrogens with zero attached hydrogens (tertiary/aromatic N) is 2. The van der Waals surface area contributed by atoms with Gasteiger partial charge in [0.15, 0.2) is 0 Å². The number of thiophene rings is 1. The summed E-state index contributed by atoms with van der Waals surface area (Å²) in [6, 6.07) is 23.5. The Balaban J connectivity index is 1.53. The maximum Gasteiger partial charge on any atom is 0.255 e. The molecule has 5 nitrogen and oxygen atoms in total. The lowest BCUT2D eigenvalue weighted by atomic mass is 10.1. The summed E-state index contributed by atoms with van der Waals surface area (Å²) in [4.78, 5) is 23.1. The van der Waals surface area contributed by atoms with E-state index in [4.69, 9.17) is 4.98 Å². The summed E-state index contributed by atoms with van der Waals surface area (Å²) in [5.41, 5.74) is 3.36. The lowest BCUT2D eigenvalue weighted by Crippen LogP contribution is -2.24. The zero-order chi connectivity index (χ0) is 20.6. The number of amides is 1. The van der Waals surface area contributed by atoms with Gasteiger partial charge in [0.05, 0.1) is 17.8 Å². The van der Waals surface area contributed by atoms with Gasteiger partial charge in [-0.2, -0.15) is 0 Å². The van der Waals surface area contributed by atoms with Gasteiger partial charge in [0.25, 0.3) is 5.91 Å². The van der Waals surface area contributed by atoms with Gasteiger partial charge in [0, 0.05) is 35.3 Å².